The summed E-state index contributed by atoms with van der Waals surface area (Å²) in [5, 5.41) is 0. The Kier molecular flexibility index (Phi) is 2.57. The quantitative estimate of drug-likeness (QED) is 0.744. The van der Waals surface area contributed by atoms with Crippen molar-refractivity contribution in [2.75, 3.05) is 0 Å². The van der Waals surface area contributed by atoms with Crippen molar-refractivity contribution in [1.82, 2.24) is 0 Å². The minimum absolute atomic E-state index is 0.260. The van der Waals surface area contributed by atoms with E-state index in [2.05, 4.69) is 12.1 Å². The van der Waals surface area contributed by atoms with Crippen LogP contribution in [0.15, 0.2) is 18.2 Å². The molecule has 3 aliphatic carbocycles. The molecular weight excluding hydrogens is 263 g/mol. The molecule has 2 fully saturated rings. The van der Waals surface area contributed by atoms with Gasteiger partial charge in [-0.2, -0.15) is 0 Å². The van der Waals surface area contributed by atoms with E-state index in [9.17, 15) is 4.79 Å². The van der Waals surface area contributed by atoms with Crippen LogP contribution >= 0.6 is 0 Å². The molecule has 3 nitrogen and oxygen atoms in total. The van der Waals surface area contributed by atoms with Crippen LogP contribution in [-0.2, 0) is 9.31 Å². The molecule has 110 valence electrons. The molecule has 0 spiro atoms. The molecule has 4 heteroatoms. The van der Waals surface area contributed by atoms with Gasteiger partial charge in [-0.15, -0.1) is 0 Å². The van der Waals surface area contributed by atoms with Crippen LogP contribution in [0.1, 0.15) is 62.4 Å². The van der Waals surface area contributed by atoms with Crippen LogP contribution in [0.3, 0.4) is 0 Å². The second kappa shape index (κ2) is 3.99. The van der Waals surface area contributed by atoms with Crippen molar-refractivity contribution in [3.8, 4) is 0 Å². The number of carbonyl (C=O) groups excluding carboxylic acids is 1. The van der Waals surface area contributed by atoms with E-state index < -0.39 is 0 Å². The molecule has 5 rings (SSSR count). The van der Waals surface area contributed by atoms with Gasteiger partial charge < -0.3 is 9.31 Å². The standard InChI is InChI=1S/C17H21BO3/c1-16(2)17(3,4)21-18(20-16)12-5-6-13-10-7-11(8-10)15(19)14(13)9-12/h5-6,9-11H,7-8H2,1-4H3. The molecule has 1 heterocycles. The molecule has 0 atom stereocenters. The predicted molar refractivity (Wildman–Crippen MR) is 82.0 cm³/mol. The van der Waals surface area contributed by atoms with Gasteiger partial charge in [0.05, 0.1) is 11.2 Å². The third-order valence-electron chi connectivity index (χ3n) is 5.82. The lowest BCUT2D eigenvalue weighted by molar-refractivity contribution is 0.00578. The summed E-state index contributed by atoms with van der Waals surface area (Å²) < 4.78 is 12.2. The van der Waals surface area contributed by atoms with Crippen LogP contribution in [0.25, 0.3) is 0 Å². The average Bonchev–Trinajstić information content (AvgIpc) is 2.56. The number of ketones is 1. The van der Waals surface area contributed by atoms with Crippen molar-refractivity contribution >= 4 is 18.4 Å². The maximum Gasteiger partial charge on any atom is 0.494 e. The average molecular weight is 284 g/mol. The first-order valence-electron chi connectivity index (χ1n) is 7.82. The topological polar surface area (TPSA) is 35.5 Å². The number of rotatable bonds is 1. The fraction of sp³-hybridized carbons (Fsp3) is 0.588. The Balaban J connectivity index is 1.69. The molecule has 2 bridgehead atoms. The third kappa shape index (κ3) is 1.78. The van der Waals surface area contributed by atoms with Gasteiger partial charge in [0, 0.05) is 11.5 Å². The Morgan fingerprint density at radius 3 is 2.29 bits per heavy atom. The van der Waals surface area contributed by atoms with E-state index in [1.165, 1.54) is 5.56 Å². The Morgan fingerprint density at radius 1 is 1.05 bits per heavy atom. The SMILES string of the molecule is CC1(C)OB(c2ccc3c(c2)C(=O)C2CC3C2)OC1(C)C. The first-order valence-corrected chi connectivity index (χ1v) is 7.82. The summed E-state index contributed by atoms with van der Waals surface area (Å²) >= 11 is 0. The van der Waals surface area contributed by atoms with Crippen molar-refractivity contribution in [1.29, 1.82) is 0 Å². The van der Waals surface area contributed by atoms with Crippen LogP contribution in [0.5, 0.6) is 0 Å². The van der Waals surface area contributed by atoms with Gasteiger partial charge in [0.1, 0.15) is 0 Å². The summed E-state index contributed by atoms with van der Waals surface area (Å²) in [6.45, 7) is 8.19. The monoisotopic (exact) mass is 284 g/mol. The van der Waals surface area contributed by atoms with Crippen LogP contribution in [0, 0.1) is 5.92 Å². The highest BCUT2D eigenvalue weighted by Crippen LogP contribution is 2.49. The number of hydrogen-bond donors (Lipinski definition) is 0. The second-order valence-electron chi connectivity index (χ2n) is 7.66. The predicted octanol–water partition coefficient (Wildman–Crippen LogP) is 2.68. The van der Waals surface area contributed by atoms with Crippen molar-refractivity contribution in [2.24, 2.45) is 5.92 Å². The number of carbonyl (C=O) groups is 1. The molecular formula is C17H21BO3. The van der Waals surface area contributed by atoms with Crippen LogP contribution in [-0.4, -0.2) is 24.1 Å². The third-order valence-corrected chi connectivity index (χ3v) is 5.82. The van der Waals surface area contributed by atoms with E-state index in [0.29, 0.717) is 11.7 Å². The first-order chi connectivity index (χ1) is 9.78. The highest BCUT2D eigenvalue weighted by Gasteiger charge is 2.52. The minimum Gasteiger partial charge on any atom is -0.399 e. The largest absolute Gasteiger partial charge is 0.494 e. The van der Waals surface area contributed by atoms with E-state index in [1.807, 2.05) is 33.8 Å². The Hall–Kier alpha value is -1.13. The van der Waals surface area contributed by atoms with Crippen LogP contribution in [0.4, 0.5) is 0 Å². The molecule has 0 N–H and O–H groups in total. The highest BCUT2D eigenvalue weighted by atomic mass is 16.7. The van der Waals surface area contributed by atoms with Crippen molar-refractivity contribution in [3.05, 3.63) is 29.3 Å². The number of hydrogen-bond acceptors (Lipinski definition) is 3. The number of benzene rings is 1. The Bertz CT molecular complexity index is 613. The highest BCUT2D eigenvalue weighted by molar-refractivity contribution is 6.62. The van der Waals surface area contributed by atoms with Gasteiger partial charge in [-0.25, -0.2) is 0 Å². The van der Waals surface area contributed by atoms with Crippen LogP contribution < -0.4 is 5.46 Å². The van der Waals surface area contributed by atoms with E-state index >= 15 is 0 Å². The smallest absolute Gasteiger partial charge is 0.399 e. The van der Waals surface area contributed by atoms with E-state index in [4.69, 9.17) is 9.31 Å². The summed E-state index contributed by atoms with van der Waals surface area (Å²) in [7, 11) is -0.383. The molecule has 0 unspecified atom stereocenters. The van der Waals surface area contributed by atoms with Crippen molar-refractivity contribution in [2.45, 2.75) is 57.7 Å². The van der Waals surface area contributed by atoms with E-state index in [-0.39, 0.29) is 24.2 Å². The molecule has 0 amide bonds. The van der Waals surface area contributed by atoms with Gasteiger partial charge in [-0.05, 0) is 57.5 Å². The molecule has 4 aliphatic rings. The second-order valence-corrected chi connectivity index (χ2v) is 7.66. The number of Topliss-reactive ketones (excluding diaryl/α,β-unsaturated/α-hetero) is 1. The van der Waals surface area contributed by atoms with E-state index in [0.717, 1.165) is 23.9 Å². The van der Waals surface area contributed by atoms with Gasteiger partial charge in [-0.1, -0.05) is 18.2 Å². The molecule has 1 saturated heterocycles. The zero-order valence-corrected chi connectivity index (χ0v) is 13.1. The molecule has 1 saturated carbocycles. The zero-order chi connectivity index (χ0) is 15.0. The molecule has 21 heavy (non-hydrogen) atoms. The summed E-state index contributed by atoms with van der Waals surface area (Å²) in [6.07, 6.45) is 2.09. The zero-order valence-electron chi connectivity index (χ0n) is 13.1. The lowest BCUT2D eigenvalue weighted by Crippen LogP contribution is -2.41. The van der Waals surface area contributed by atoms with Crippen LogP contribution in [0.2, 0.25) is 0 Å². The molecule has 1 aliphatic heterocycles. The fourth-order valence-electron chi connectivity index (χ4n) is 3.57. The normalized spacial score (nSPS) is 31.8. The fourth-order valence-corrected chi connectivity index (χ4v) is 3.57. The Morgan fingerprint density at radius 2 is 1.67 bits per heavy atom. The molecule has 1 aromatic rings. The summed E-state index contributed by atoms with van der Waals surface area (Å²) in [6, 6.07) is 6.17. The summed E-state index contributed by atoms with van der Waals surface area (Å²) in [4.78, 5) is 12.4. The molecule has 0 radical (unpaired) electrons. The minimum atomic E-state index is -0.383. The van der Waals surface area contributed by atoms with Gasteiger partial charge in [0.15, 0.2) is 5.78 Å². The first kappa shape index (κ1) is 13.5. The van der Waals surface area contributed by atoms with Gasteiger partial charge >= 0.3 is 7.12 Å². The molecule has 1 aromatic carbocycles. The lowest BCUT2D eigenvalue weighted by atomic mass is 9.61. The van der Waals surface area contributed by atoms with Gasteiger partial charge in [0.25, 0.3) is 0 Å². The molecule has 0 aromatic heterocycles. The Labute approximate surface area is 126 Å². The summed E-state index contributed by atoms with van der Waals surface area (Å²) in [5.74, 6) is 1.16. The van der Waals surface area contributed by atoms with Gasteiger partial charge in [0.2, 0.25) is 0 Å². The van der Waals surface area contributed by atoms with Gasteiger partial charge in [-0.3, -0.25) is 4.79 Å². The maximum atomic E-state index is 12.4. The summed E-state index contributed by atoms with van der Waals surface area (Å²) in [5.41, 5.74) is 2.39. The maximum absolute atomic E-state index is 12.4. The lowest BCUT2D eigenvalue weighted by Gasteiger charge is -2.41. The van der Waals surface area contributed by atoms with Crippen molar-refractivity contribution < 1.29 is 14.1 Å². The van der Waals surface area contributed by atoms with Crippen molar-refractivity contribution in [3.63, 3.8) is 0 Å². The van der Waals surface area contributed by atoms with E-state index in [1.54, 1.807) is 0 Å².